The average molecular weight is 167 g/mol. The standard InChI is InChI=1S/C7H9N3O2/c1-2-12-7-9-3-5(4-10-7)6(8)11/h3-4H,2H2,1H3,(H2,8,11). The molecule has 12 heavy (non-hydrogen) atoms. The Morgan fingerprint density at radius 3 is 2.58 bits per heavy atom. The first-order valence-electron chi connectivity index (χ1n) is 3.48. The second-order valence-electron chi connectivity index (χ2n) is 2.05. The van der Waals surface area contributed by atoms with Crippen LogP contribution in [0.2, 0.25) is 0 Å². The van der Waals surface area contributed by atoms with Crippen LogP contribution in [0.4, 0.5) is 0 Å². The third kappa shape index (κ3) is 1.91. The second kappa shape index (κ2) is 3.66. The van der Waals surface area contributed by atoms with Crippen molar-refractivity contribution in [1.82, 2.24) is 9.97 Å². The number of carbonyl (C=O) groups is 1. The zero-order valence-electron chi connectivity index (χ0n) is 6.65. The van der Waals surface area contributed by atoms with Crippen LogP contribution in [-0.4, -0.2) is 22.5 Å². The van der Waals surface area contributed by atoms with Crippen molar-refractivity contribution in [3.63, 3.8) is 0 Å². The van der Waals surface area contributed by atoms with Gasteiger partial charge in [-0.3, -0.25) is 4.79 Å². The fourth-order valence-corrected chi connectivity index (χ4v) is 0.647. The second-order valence-corrected chi connectivity index (χ2v) is 2.05. The zero-order chi connectivity index (χ0) is 8.97. The maximum Gasteiger partial charge on any atom is 0.316 e. The van der Waals surface area contributed by atoms with Crippen LogP contribution < -0.4 is 10.5 Å². The van der Waals surface area contributed by atoms with Crippen LogP contribution in [0, 0.1) is 0 Å². The Labute approximate surface area is 69.6 Å². The molecule has 0 saturated heterocycles. The number of primary amides is 1. The third-order valence-electron chi connectivity index (χ3n) is 1.19. The van der Waals surface area contributed by atoms with Crippen LogP contribution in [0.15, 0.2) is 12.4 Å². The van der Waals surface area contributed by atoms with Gasteiger partial charge in [-0.1, -0.05) is 0 Å². The number of nitrogens with zero attached hydrogens (tertiary/aromatic N) is 2. The van der Waals surface area contributed by atoms with Gasteiger partial charge in [0, 0.05) is 12.4 Å². The number of ether oxygens (including phenoxy) is 1. The Hall–Kier alpha value is -1.65. The Balaban J connectivity index is 2.78. The molecular weight excluding hydrogens is 158 g/mol. The van der Waals surface area contributed by atoms with Crippen LogP contribution >= 0.6 is 0 Å². The highest BCUT2D eigenvalue weighted by Gasteiger charge is 2.01. The molecule has 0 aliphatic heterocycles. The zero-order valence-corrected chi connectivity index (χ0v) is 6.65. The van der Waals surface area contributed by atoms with Gasteiger partial charge in [-0.15, -0.1) is 0 Å². The van der Waals surface area contributed by atoms with E-state index in [9.17, 15) is 4.79 Å². The molecule has 0 aromatic carbocycles. The minimum Gasteiger partial charge on any atom is -0.464 e. The van der Waals surface area contributed by atoms with Crippen molar-refractivity contribution in [3.8, 4) is 6.01 Å². The van der Waals surface area contributed by atoms with Crippen LogP contribution in [0.3, 0.4) is 0 Å². The van der Waals surface area contributed by atoms with Gasteiger partial charge in [0.1, 0.15) is 0 Å². The summed E-state index contributed by atoms with van der Waals surface area (Å²) in [6.07, 6.45) is 2.67. The van der Waals surface area contributed by atoms with Gasteiger partial charge in [-0.05, 0) is 6.92 Å². The van der Waals surface area contributed by atoms with Crippen LogP contribution in [0.5, 0.6) is 6.01 Å². The van der Waals surface area contributed by atoms with Gasteiger partial charge in [0.15, 0.2) is 0 Å². The predicted octanol–water partition coefficient (Wildman–Crippen LogP) is -0.0258. The summed E-state index contributed by atoms with van der Waals surface area (Å²) in [5, 5.41) is 0. The number of amides is 1. The number of hydrogen-bond acceptors (Lipinski definition) is 4. The lowest BCUT2D eigenvalue weighted by molar-refractivity contribution is 0.0999. The van der Waals surface area contributed by atoms with Crippen molar-refractivity contribution >= 4 is 5.91 Å². The van der Waals surface area contributed by atoms with E-state index in [2.05, 4.69) is 9.97 Å². The molecule has 1 rings (SSSR count). The summed E-state index contributed by atoms with van der Waals surface area (Å²) in [6.45, 7) is 2.32. The molecule has 1 aromatic heterocycles. The summed E-state index contributed by atoms with van der Waals surface area (Å²) in [7, 11) is 0. The van der Waals surface area contributed by atoms with E-state index < -0.39 is 5.91 Å². The molecule has 1 heterocycles. The number of nitrogens with two attached hydrogens (primary N) is 1. The monoisotopic (exact) mass is 167 g/mol. The molecule has 0 spiro atoms. The lowest BCUT2D eigenvalue weighted by atomic mass is 10.3. The van der Waals surface area contributed by atoms with Gasteiger partial charge in [-0.25, -0.2) is 9.97 Å². The number of carbonyl (C=O) groups excluding carboxylic acids is 1. The van der Waals surface area contributed by atoms with E-state index in [1.54, 1.807) is 0 Å². The molecule has 0 fully saturated rings. The maximum atomic E-state index is 10.6. The third-order valence-corrected chi connectivity index (χ3v) is 1.19. The number of aromatic nitrogens is 2. The van der Waals surface area contributed by atoms with E-state index in [4.69, 9.17) is 10.5 Å². The van der Waals surface area contributed by atoms with E-state index >= 15 is 0 Å². The van der Waals surface area contributed by atoms with Gasteiger partial charge in [0.2, 0.25) is 0 Å². The fourth-order valence-electron chi connectivity index (χ4n) is 0.647. The molecular formula is C7H9N3O2. The highest BCUT2D eigenvalue weighted by Crippen LogP contribution is 2.00. The van der Waals surface area contributed by atoms with E-state index in [0.29, 0.717) is 6.61 Å². The average Bonchev–Trinajstić information content (AvgIpc) is 2.06. The molecule has 5 nitrogen and oxygen atoms in total. The highest BCUT2D eigenvalue weighted by molar-refractivity contribution is 5.92. The van der Waals surface area contributed by atoms with Crippen molar-refractivity contribution in [2.75, 3.05) is 6.61 Å². The molecule has 0 radical (unpaired) electrons. The molecule has 1 aromatic rings. The first-order valence-corrected chi connectivity index (χ1v) is 3.48. The molecule has 0 atom stereocenters. The quantitative estimate of drug-likeness (QED) is 0.685. The topological polar surface area (TPSA) is 78.1 Å². The molecule has 0 unspecified atom stereocenters. The highest BCUT2D eigenvalue weighted by atomic mass is 16.5. The summed E-state index contributed by atoms with van der Waals surface area (Å²) in [6, 6.07) is 0.252. The SMILES string of the molecule is CCOc1ncc(C(N)=O)cn1. The summed E-state index contributed by atoms with van der Waals surface area (Å²) in [5.41, 5.74) is 5.25. The molecule has 0 bridgehead atoms. The van der Waals surface area contributed by atoms with E-state index in [1.807, 2.05) is 6.92 Å². The number of rotatable bonds is 3. The normalized spacial score (nSPS) is 9.42. The summed E-state index contributed by atoms with van der Waals surface area (Å²) in [5.74, 6) is -0.543. The molecule has 64 valence electrons. The van der Waals surface area contributed by atoms with Gasteiger partial charge >= 0.3 is 6.01 Å². The van der Waals surface area contributed by atoms with Crippen LogP contribution in [0.1, 0.15) is 17.3 Å². The Morgan fingerprint density at radius 1 is 1.58 bits per heavy atom. The first-order chi connectivity index (χ1) is 5.74. The summed E-state index contributed by atoms with van der Waals surface area (Å²) in [4.78, 5) is 18.1. The van der Waals surface area contributed by atoms with E-state index in [1.165, 1.54) is 12.4 Å². The Kier molecular flexibility index (Phi) is 2.57. The molecule has 5 heteroatoms. The van der Waals surface area contributed by atoms with Crippen molar-refractivity contribution in [3.05, 3.63) is 18.0 Å². The Morgan fingerprint density at radius 2 is 2.17 bits per heavy atom. The van der Waals surface area contributed by atoms with Crippen LogP contribution in [-0.2, 0) is 0 Å². The van der Waals surface area contributed by atoms with Gasteiger partial charge in [0.25, 0.3) is 5.91 Å². The predicted molar refractivity (Wildman–Crippen MR) is 41.7 cm³/mol. The van der Waals surface area contributed by atoms with Gasteiger partial charge in [0.05, 0.1) is 12.2 Å². The largest absolute Gasteiger partial charge is 0.464 e. The minimum absolute atomic E-state index is 0.252. The molecule has 0 aliphatic rings. The summed E-state index contributed by atoms with van der Waals surface area (Å²) < 4.78 is 4.97. The smallest absolute Gasteiger partial charge is 0.316 e. The number of hydrogen-bond donors (Lipinski definition) is 1. The maximum absolute atomic E-state index is 10.6. The summed E-state index contributed by atoms with van der Waals surface area (Å²) >= 11 is 0. The molecule has 0 saturated carbocycles. The van der Waals surface area contributed by atoms with Crippen molar-refractivity contribution in [1.29, 1.82) is 0 Å². The molecule has 0 aliphatic carbocycles. The van der Waals surface area contributed by atoms with Gasteiger partial charge in [-0.2, -0.15) is 0 Å². The van der Waals surface area contributed by atoms with Crippen LogP contribution in [0.25, 0.3) is 0 Å². The lowest BCUT2D eigenvalue weighted by Crippen LogP contribution is -2.12. The fraction of sp³-hybridized carbons (Fsp3) is 0.286. The minimum atomic E-state index is -0.543. The lowest BCUT2D eigenvalue weighted by Gasteiger charge is -1.99. The van der Waals surface area contributed by atoms with E-state index in [0.717, 1.165) is 0 Å². The Bertz CT molecular complexity index is 270. The molecule has 1 amide bonds. The first kappa shape index (κ1) is 8.45. The van der Waals surface area contributed by atoms with E-state index in [-0.39, 0.29) is 11.6 Å². The molecule has 2 N–H and O–H groups in total. The van der Waals surface area contributed by atoms with Crippen molar-refractivity contribution < 1.29 is 9.53 Å². The van der Waals surface area contributed by atoms with Crippen molar-refractivity contribution in [2.24, 2.45) is 5.73 Å². The van der Waals surface area contributed by atoms with Gasteiger partial charge < -0.3 is 10.5 Å². The van der Waals surface area contributed by atoms with Crippen molar-refractivity contribution in [2.45, 2.75) is 6.92 Å².